The SMILES string of the molecule is CC(C)CN(CC(=O)O)CC(O)C(Cc1ccccc1)N(Cc1ccccc1)Cc1ccccc1. The number of carboxylic acids is 1. The van der Waals surface area contributed by atoms with Crippen molar-refractivity contribution in [3.63, 3.8) is 0 Å². The van der Waals surface area contributed by atoms with E-state index >= 15 is 0 Å². The highest BCUT2D eigenvalue weighted by Gasteiger charge is 2.29. The van der Waals surface area contributed by atoms with Crippen molar-refractivity contribution in [1.82, 2.24) is 9.80 Å². The summed E-state index contributed by atoms with van der Waals surface area (Å²) in [5.41, 5.74) is 3.51. The second kappa shape index (κ2) is 13.8. The lowest BCUT2D eigenvalue weighted by Crippen LogP contribution is -2.50. The van der Waals surface area contributed by atoms with Gasteiger partial charge in [-0.05, 0) is 29.0 Å². The van der Waals surface area contributed by atoms with E-state index in [1.165, 1.54) is 11.1 Å². The fourth-order valence-electron chi connectivity index (χ4n) is 4.59. The van der Waals surface area contributed by atoms with Crippen LogP contribution in [0.3, 0.4) is 0 Å². The van der Waals surface area contributed by atoms with Gasteiger partial charge in [0.25, 0.3) is 0 Å². The van der Waals surface area contributed by atoms with Crippen LogP contribution in [-0.4, -0.2) is 57.8 Å². The summed E-state index contributed by atoms with van der Waals surface area (Å²) in [5.74, 6) is -0.568. The quantitative estimate of drug-likeness (QED) is 0.355. The fourth-order valence-corrected chi connectivity index (χ4v) is 4.59. The molecule has 2 atom stereocenters. The molecular weight excluding hydrogens is 436 g/mol. The predicted octanol–water partition coefficient (Wildman–Crippen LogP) is 4.70. The Morgan fingerprint density at radius 1 is 0.743 bits per heavy atom. The smallest absolute Gasteiger partial charge is 0.317 e. The van der Waals surface area contributed by atoms with Crippen LogP contribution < -0.4 is 0 Å². The Morgan fingerprint density at radius 3 is 1.63 bits per heavy atom. The van der Waals surface area contributed by atoms with Gasteiger partial charge in [-0.3, -0.25) is 14.6 Å². The van der Waals surface area contributed by atoms with Crippen LogP contribution in [0.1, 0.15) is 30.5 Å². The molecule has 3 aromatic carbocycles. The number of aliphatic hydroxyl groups is 1. The molecule has 3 aromatic rings. The van der Waals surface area contributed by atoms with Crippen LogP contribution in [0.4, 0.5) is 0 Å². The summed E-state index contributed by atoms with van der Waals surface area (Å²) in [6.45, 7) is 6.37. The molecule has 0 amide bonds. The Labute approximate surface area is 209 Å². The third-order valence-corrected chi connectivity index (χ3v) is 6.09. The van der Waals surface area contributed by atoms with E-state index in [0.717, 1.165) is 5.56 Å². The molecule has 0 aromatic heterocycles. The van der Waals surface area contributed by atoms with E-state index in [2.05, 4.69) is 55.1 Å². The van der Waals surface area contributed by atoms with Crippen LogP contribution in [0.5, 0.6) is 0 Å². The minimum atomic E-state index is -0.872. The fraction of sp³-hybridized carbons (Fsp3) is 0.367. The highest BCUT2D eigenvalue weighted by atomic mass is 16.4. The van der Waals surface area contributed by atoms with E-state index in [1.807, 2.05) is 59.5 Å². The van der Waals surface area contributed by atoms with E-state index in [9.17, 15) is 15.0 Å². The van der Waals surface area contributed by atoms with Gasteiger partial charge in [-0.2, -0.15) is 0 Å². The molecule has 35 heavy (non-hydrogen) atoms. The molecule has 2 N–H and O–H groups in total. The van der Waals surface area contributed by atoms with Crippen molar-refractivity contribution >= 4 is 5.97 Å². The topological polar surface area (TPSA) is 64.0 Å². The van der Waals surface area contributed by atoms with Crippen molar-refractivity contribution in [1.29, 1.82) is 0 Å². The first-order valence-electron chi connectivity index (χ1n) is 12.4. The monoisotopic (exact) mass is 474 g/mol. The second-order valence-electron chi connectivity index (χ2n) is 9.68. The Hall–Kier alpha value is -2.99. The highest BCUT2D eigenvalue weighted by Crippen LogP contribution is 2.20. The summed E-state index contributed by atoms with van der Waals surface area (Å²) < 4.78 is 0. The molecule has 0 saturated carbocycles. The Kier molecular flexibility index (Phi) is 10.5. The first-order valence-corrected chi connectivity index (χ1v) is 12.4. The number of rotatable bonds is 14. The molecule has 0 aliphatic rings. The number of aliphatic hydroxyl groups excluding tert-OH is 1. The third kappa shape index (κ3) is 9.29. The molecular formula is C30H38N2O3. The first kappa shape index (κ1) is 26.6. The molecule has 0 saturated heterocycles. The molecule has 186 valence electrons. The predicted molar refractivity (Wildman–Crippen MR) is 141 cm³/mol. The molecule has 5 nitrogen and oxygen atoms in total. The summed E-state index contributed by atoms with van der Waals surface area (Å²) in [6, 6.07) is 30.6. The van der Waals surface area contributed by atoms with E-state index in [0.29, 0.717) is 38.5 Å². The van der Waals surface area contributed by atoms with Gasteiger partial charge in [0.1, 0.15) is 0 Å². The van der Waals surface area contributed by atoms with Crippen molar-refractivity contribution in [2.75, 3.05) is 19.6 Å². The zero-order valence-electron chi connectivity index (χ0n) is 20.8. The number of hydrogen-bond acceptors (Lipinski definition) is 4. The van der Waals surface area contributed by atoms with Crippen molar-refractivity contribution < 1.29 is 15.0 Å². The van der Waals surface area contributed by atoms with Crippen molar-refractivity contribution in [3.8, 4) is 0 Å². The number of carboxylic acid groups (broad SMARTS) is 1. The molecule has 0 aliphatic heterocycles. The van der Waals surface area contributed by atoms with Gasteiger partial charge >= 0.3 is 5.97 Å². The van der Waals surface area contributed by atoms with E-state index < -0.39 is 12.1 Å². The van der Waals surface area contributed by atoms with Crippen LogP contribution in [0.2, 0.25) is 0 Å². The number of benzene rings is 3. The average molecular weight is 475 g/mol. The van der Waals surface area contributed by atoms with Gasteiger partial charge in [0, 0.05) is 32.2 Å². The van der Waals surface area contributed by atoms with Crippen molar-refractivity contribution in [2.45, 2.75) is 45.5 Å². The highest BCUT2D eigenvalue weighted by molar-refractivity contribution is 5.69. The van der Waals surface area contributed by atoms with Gasteiger partial charge < -0.3 is 10.2 Å². The summed E-state index contributed by atoms with van der Waals surface area (Å²) >= 11 is 0. The summed E-state index contributed by atoms with van der Waals surface area (Å²) in [5, 5.41) is 21.1. The van der Waals surface area contributed by atoms with Gasteiger partial charge in [-0.25, -0.2) is 0 Å². The van der Waals surface area contributed by atoms with Crippen LogP contribution in [0.25, 0.3) is 0 Å². The maximum absolute atomic E-state index is 11.6. The minimum Gasteiger partial charge on any atom is -0.480 e. The Balaban J connectivity index is 1.92. The van der Waals surface area contributed by atoms with Gasteiger partial charge in [-0.1, -0.05) is 105 Å². The first-order chi connectivity index (χ1) is 16.9. The average Bonchev–Trinajstić information content (AvgIpc) is 2.83. The number of carbonyl (C=O) groups is 1. The molecule has 0 spiro atoms. The van der Waals surface area contributed by atoms with Gasteiger partial charge in [0.05, 0.1) is 12.6 Å². The second-order valence-corrected chi connectivity index (χ2v) is 9.68. The third-order valence-electron chi connectivity index (χ3n) is 6.09. The lowest BCUT2D eigenvalue weighted by molar-refractivity contribution is -0.138. The standard InChI is InChI=1S/C30H38N2O3/c1-24(2)19-31(23-30(34)35)22-29(33)28(18-25-12-6-3-7-13-25)32(20-26-14-8-4-9-15-26)21-27-16-10-5-11-17-27/h3-17,24,28-29,33H,18-23H2,1-2H3,(H,34,35). The zero-order valence-corrected chi connectivity index (χ0v) is 20.8. The maximum Gasteiger partial charge on any atom is 0.317 e. The molecule has 3 rings (SSSR count). The van der Waals surface area contributed by atoms with Crippen molar-refractivity contribution in [3.05, 3.63) is 108 Å². The normalized spacial score (nSPS) is 13.3. The van der Waals surface area contributed by atoms with Crippen LogP contribution in [0.15, 0.2) is 91.0 Å². The maximum atomic E-state index is 11.6. The summed E-state index contributed by atoms with van der Waals surface area (Å²) in [7, 11) is 0. The molecule has 0 radical (unpaired) electrons. The van der Waals surface area contributed by atoms with E-state index in [4.69, 9.17) is 0 Å². The molecule has 0 bridgehead atoms. The van der Waals surface area contributed by atoms with E-state index in [1.54, 1.807) is 0 Å². The Bertz CT molecular complexity index is 954. The van der Waals surface area contributed by atoms with Crippen LogP contribution in [0, 0.1) is 5.92 Å². The van der Waals surface area contributed by atoms with Crippen LogP contribution in [-0.2, 0) is 24.3 Å². The van der Waals surface area contributed by atoms with Crippen molar-refractivity contribution in [2.24, 2.45) is 5.92 Å². The lowest BCUT2D eigenvalue weighted by atomic mass is 9.97. The van der Waals surface area contributed by atoms with Crippen LogP contribution >= 0.6 is 0 Å². The summed E-state index contributed by atoms with van der Waals surface area (Å²) in [4.78, 5) is 15.7. The largest absolute Gasteiger partial charge is 0.480 e. The molecule has 5 heteroatoms. The number of aliphatic carboxylic acids is 1. The van der Waals surface area contributed by atoms with E-state index in [-0.39, 0.29) is 12.6 Å². The zero-order chi connectivity index (χ0) is 25.0. The molecule has 0 heterocycles. The molecule has 0 fully saturated rings. The van der Waals surface area contributed by atoms with Gasteiger partial charge in [-0.15, -0.1) is 0 Å². The summed E-state index contributed by atoms with van der Waals surface area (Å²) in [6.07, 6.45) is -0.0506. The number of nitrogens with zero attached hydrogens (tertiary/aromatic N) is 2. The minimum absolute atomic E-state index is 0.0787. The van der Waals surface area contributed by atoms with Gasteiger partial charge in [0.2, 0.25) is 0 Å². The molecule has 0 aliphatic carbocycles. The molecule has 2 unspecified atom stereocenters. The Morgan fingerprint density at radius 2 is 1.20 bits per heavy atom. The number of hydrogen-bond donors (Lipinski definition) is 2. The van der Waals surface area contributed by atoms with Gasteiger partial charge in [0.15, 0.2) is 0 Å². The lowest BCUT2D eigenvalue weighted by Gasteiger charge is -2.37.